The molecule has 3 fully saturated rings. The second-order valence-electron chi connectivity index (χ2n) is 8.59. The molecule has 166 valence electrons. The van der Waals surface area contributed by atoms with E-state index < -0.39 is 0 Å². The predicted octanol–water partition coefficient (Wildman–Crippen LogP) is 2.93. The highest BCUT2D eigenvalue weighted by Crippen LogP contribution is 2.47. The quantitative estimate of drug-likeness (QED) is 0.371. The number of hydrogen-bond acceptors (Lipinski definition) is 3. The van der Waals surface area contributed by atoms with Crippen LogP contribution in [-0.2, 0) is 4.79 Å². The fourth-order valence-electron chi connectivity index (χ4n) is 4.84. The number of aliphatic imine (C=N–C) groups is 1. The molecule has 0 unspecified atom stereocenters. The smallest absolute Gasteiger partial charge is 0.224 e. The first-order valence-corrected chi connectivity index (χ1v) is 10.8. The second kappa shape index (κ2) is 10.2. The van der Waals surface area contributed by atoms with Gasteiger partial charge in [-0.2, -0.15) is 0 Å². The molecule has 1 aromatic carbocycles. The largest absolute Gasteiger partial charge is 0.368 e. The summed E-state index contributed by atoms with van der Waals surface area (Å²) in [6, 6.07) is 6.57. The fourth-order valence-corrected chi connectivity index (χ4v) is 4.84. The highest BCUT2D eigenvalue weighted by atomic mass is 127. The van der Waals surface area contributed by atoms with Crippen molar-refractivity contribution in [1.82, 2.24) is 15.1 Å². The van der Waals surface area contributed by atoms with Crippen molar-refractivity contribution in [2.45, 2.75) is 32.1 Å². The summed E-state index contributed by atoms with van der Waals surface area (Å²) in [7, 11) is 1.82. The zero-order valence-electron chi connectivity index (χ0n) is 17.8. The van der Waals surface area contributed by atoms with E-state index in [0.29, 0.717) is 31.5 Å². The Kier molecular flexibility index (Phi) is 7.81. The monoisotopic (exact) mass is 529 g/mol. The summed E-state index contributed by atoms with van der Waals surface area (Å²) in [5.74, 6) is 0.896. The zero-order chi connectivity index (χ0) is 20.3. The number of carbonyl (C=O) groups is 1. The molecular formula is C22H33FIN5O. The van der Waals surface area contributed by atoms with E-state index in [1.807, 2.05) is 11.9 Å². The van der Waals surface area contributed by atoms with Gasteiger partial charge in [-0.25, -0.2) is 4.39 Å². The number of piperazine rings is 1. The maximum atomic E-state index is 13.1. The number of halogens is 2. The minimum Gasteiger partial charge on any atom is -0.368 e. The Labute approximate surface area is 195 Å². The van der Waals surface area contributed by atoms with Gasteiger partial charge >= 0.3 is 0 Å². The minimum absolute atomic E-state index is 0. The van der Waals surface area contributed by atoms with Crippen LogP contribution in [0.1, 0.15) is 32.1 Å². The van der Waals surface area contributed by atoms with Gasteiger partial charge in [-0.05, 0) is 48.9 Å². The molecule has 4 rings (SSSR count). The molecule has 8 heteroatoms. The lowest BCUT2D eigenvalue weighted by atomic mass is 9.68. The zero-order valence-corrected chi connectivity index (χ0v) is 20.1. The molecule has 0 bridgehead atoms. The number of amides is 1. The summed E-state index contributed by atoms with van der Waals surface area (Å²) in [4.78, 5) is 23.5. The molecule has 6 nitrogen and oxygen atoms in total. The summed E-state index contributed by atoms with van der Waals surface area (Å²) in [5, 5.41) is 3.39. The lowest BCUT2D eigenvalue weighted by Crippen LogP contribution is -2.49. The minimum atomic E-state index is -0.221. The van der Waals surface area contributed by atoms with Crippen LogP contribution in [0, 0.1) is 11.2 Å². The summed E-state index contributed by atoms with van der Waals surface area (Å²) in [6.07, 6.45) is 5.81. The van der Waals surface area contributed by atoms with Gasteiger partial charge in [0.15, 0.2) is 5.96 Å². The van der Waals surface area contributed by atoms with E-state index >= 15 is 0 Å². The number of likely N-dealkylation sites (tertiary alicyclic amines) is 1. The fraction of sp³-hybridized carbons (Fsp3) is 0.636. The number of carbonyl (C=O) groups excluding carboxylic acids is 1. The van der Waals surface area contributed by atoms with Crippen LogP contribution in [0.3, 0.4) is 0 Å². The van der Waals surface area contributed by atoms with Gasteiger partial charge in [0.2, 0.25) is 5.91 Å². The maximum Gasteiger partial charge on any atom is 0.224 e. The summed E-state index contributed by atoms with van der Waals surface area (Å²) in [6.45, 7) is 5.77. The third-order valence-electron chi connectivity index (χ3n) is 6.81. The van der Waals surface area contributed by atoms with E-state index in [0.717, 1.165) is 37.8 Å². The van der Waals surface area contributed by atoms with E-state index in [4.69, 9.17) is 0 Å². The van der Waals surface area contributed by atoms with Gasteiger partial charge in [0.05, 0.1) is 0 Å². The molecule has 1 aliphatic carbocycles. The molecule has 1 amide bonds. The average molecular weight is 529 g/mol. The molecule has 30 heavy (non-hydrogen) atoms. The lowest BCUT2D eigenvalue weighted by Gasteiger charge is -2.38. The first kappa shape index (κ1) is 23.1. The Morgan fingerprint density at radius 1 is 1.07 bits per heavy atom. The summed E-state index contributed by atoms with van der Waals surface area (Å²) < 4.78 is 13.1. The van der Waals surface area contributed by atoms with E-state index in [9.17, 15) is 9.18 Å². The third-order valence-corrected chi connectivity index (χ3v) is 6.81. The molecule has 0 atom stereocenters. The molecule has 3 aliphatic rings. The van der Waals surface area contributed by atoms with E-state index in [-0.39, 0.29) is 35.7 Å². The van der Waals surface area contributed by atoms with Crippen LogP contribution in [0.2, 0.25) is 0 Å². The molecule has 1 aromatic rings. The van der Waals surface area contributed by atoms with Crippen LogP contribution in [0.25, 0.3) is 0 Å². The molecule has 2 heterocycles. The number of rotatable bonds is 4. The Balaban J connectivity index is 0.00000256. The van der Waals surface area contributed by atoms with Gasteiger partial charge < -0.3 is 20.0 Å². The molecule has 0 radical (unpaired) electrons. The van der Waals surface area contributed by atoms with Crippen molar-refractivity contribution in [3.05, 3.63) is 30.1 Å². The van der Waals surface area contributed by atoms with Crippen molar-refractivity contribution in [3.63, 3.8) is 0 Å². The van der Waals surface area contributed by atoms with E-state index in [1.54, 1.807) is 12.1 Å². The topological polar surface area (TPSA) is 51.2 Å². The molecule has 2 aliphatic heterocycles. The highest BCUT2D eigenvalue weighted by molar-refractivity contribution is 14.0. The van der Waals surface area contributed by atoms with Crippen molar-refractivity contribution in [3.8, 4) is 0 Å². The number of anilines is 1. The number of nitrogens with zero attached hydrogens (tertiary/aromatic N) is 4. The van der Waals surface area contributed by atoms with Crippen molar-refractivity contribution in [2.24, 2.45) is 10.4 Å². The number of hydrogen-bond donors (Lipinski definition) is 1. The molecule has 2 saturated heterocycles. The van der Waals surface area contributed by atoms with Gasteiger partial charge in [-0.3, -0.25) is 9.79 Å². The molecular weight excluding hydrogens is 496 g/mol. The van der Waals surface area contributed by atoms with Crippen molar-refractivity contribution in [2.75, 3.05) is 57.8 Å². The molecule has 1 saturated carbocycles. The molecule has 1 spiro atoms. The molecule has 1 N–H and O–H groups in total. The van der Waals surface area contributed by atoms with Crippen molar-refractivity contribution in [1.29, 1.82) is 0 Å². The van der Waals surface area contributed by atoms with Crippen LogP contribution in [0.15, 0.2) is 29.3 Å². The maximum absolute atomic E-state index is 13.1. The Morgan fingerprint density at radius 3 is 2.33 bits per heavy atom. The Morgan fingerprint density at radius 2 is 1.77 bits per heavy atom. The van der Waals surface area contributed by atoms with Gasteiger partial charge in [-0.15, -0.1) is 24.0 Å². The van der Waals surface area contributed by atoms with Crippen LogP contribution in [-0.4, -0.2) is 74.5 Å². The Bertz CT molecular complexity index is 744. The van der Waals surface area contributed by atoms with Crippen molar-refractivity contribution < 1.29 is 9.18 Å². The van der Waals surface area contributed by atoms with Crippen LogP contribution in [0.5, 0.6) is 0 Å². The van der Waals surface area contributed by atoms with Crippen molar-refractivity contribution >= 4 is 41.5 Å². The van der Waals surface area contributed by atoms with Gasteiger partial charge in [0.25, 0.3) is 0 Å². The second-order valence-corrected chi connectivity index (χ2v) is 8.59. The normalized spacial score (nSPS) is 20.7. The third kappa shape index (κ3) is 5.18. The predicted molar refractivity (Wildman–Crippen MR) is 129 cm³/mol. The van der Waals surface area contributed by atoms with E-state index in [2.05, 4.69) is 20.1 Å². The number of benzene rings is 1. The summed E-state index contributed by atoms with van der Waals surface area (Å²) >= 11 is 0. The lowest BCUT2D eigenvalue weighted by molar-refractivity contribution is -0.131. The van der Waals surface area contributed by atoms with E-state index in [1.165, 1.54) is 37.8 Å². The van der Waals surface area contributed by atoms with Gasteiger partial charge in [-0.1, -0.05) is 6.42 Å². The van der Waals surface area contributed by atoms with Gasteiger partial charge in [0.1, 0.15) is 5.82 Å². The van der Waals surface area contributed by atoms with Crippen LogP contribution >= 0.6 is 24.0 Å². The number of guanidine groups is 1. The van der Waals surface area contributed by atoms with Gasteiger partial charge in [0, 0.05) is 65.0 Å². The first-order valence-electron chi connectivity index (χ1n) is 10.8. The first-order chi connectivity index (χ1) is 14.1. The summed E-state index contributed by atoms with van der Waals surface area (Å²) in [5.41, 5.74) is 1.55. The number of nitrogens with one attached hydrogen (secondary N) is 1. The Hall–Kier alpha value is -1.58. The highest BCUT2D eigenvalue weighted by Gasteiger charge is 2.43. The van der Waals surface area contributed by atoms with Crippen LogP contribution in [0.4, 0.5) is 10.1 Å². The molecule has 0 aromatic heterocycles. The standard InChI is InChI=1S/C22H32FN5O.HI/c1-24-21(28-12-10-22(17-28)8-2-9-22)25-11-7-20(29)27-15-13-26(14-16-27)19-5-3-18(23)4-6-19;/h3-6H,2,7-17H2,1H3,(H,24,25);1H. The van der Waals surface area contributed by atoms with Crippen LogP contribution < -0.4 is 10.2 Å². The SMILES string of the molecule is CN=C(NCCC(=O)N1CCN(c2ccc(F)cc2)CC1)N1CCC2(CCC2)C1.I. The average Bonchev–Trinajstić information content (AvgIpc) is 3.18.